The molecule has 1 heterocycles. The van der Waals surface area contributed by atoms with Gasteiger partial charge in [-0.2, -0.15) is 0 Å². The molecule has 16 heavy (non-hydrogen) atoms. The third-order valence-corrected chi connectivity index (χ3v) is 2.29. The minimum absolute atomic E-state index is 0.403. The van der Waals surface area contributed by atoms with Crippen LogP contribution in [0.25, 0.3) is 11.3 Å². The third kappa shape index (κ3) is 2.00. The van der Waals surface area contributed by atoms with E-state index in [0.29, 0.717) is 22.6 Å². The number of rotatable bonds is 1. The van der Waals surface area contributed by atoms with Gasteiger partial charge in [0.25, 0.3) is 0 Å². The quantitative estimate of drug-likeness (QED) is 0.802. The van der Waals surface area contributed by atoms with E-state index in [9.17, 15) is 8.78 Å². The molecule has 0 spiro atoms. The van der Waals surface area contributed by atoms with Gasteiger partial charge >= 0.3 is 0 Å². The van der Waals surface area contributed by atoms with Gasteiger partial charge in [0.15, 0.2) is 0 Å². The number of anilines is 1. The molecular weight excluding hydrogens is 210 g/mol. The number of halogens is 2. The second-order valence-corrected chi connectivity index (χ2v) is 3.53. The molecular formula is C12H10F2N2. The van der Waals surface area contributed by atoms with Gasteiger partial charge in [-0.25, -0.2) is 8.78 Å². The highest BCUT2D eigenvalue weighted by molar-refractivity contribution is 5.62. The van der Waals surface area contributed by atoms with Crippen molar-refractivity contribution in [1.29, 1.82) is 0 Å². The Labute approximate surface area is 91.7 Å². The van der Waals surface area contributed by atoms with Crippen LogP contribution in [-0.4, -0.2) is 4.98 Å². The van der Waals surface area contributed by atoms with E-state index in [1.807, 2.05) is 0 Å². The molecule has 0 aliphatic rings. The predicted octanol–water partition coefficient (Wildman–Crippen LogP) is 2.92. The summed E-state index contributed by atoms with van der Waals surface area (Å²) in [6.45, 7) is 1.74. The van der Waals surface area contributed by atoms with Gasteiger partial charge in [0.1, 0.15) is 11.6 Å². The molecule has 1 aromatic heterocycles. The number of hydrogen-bond donors (Lipinski definition) is 1. The molecule has 2 nitrogen and oxygen atoms in total. The van der Waals surface area contributed by atoms with Crippen LogP contribution in [0.15, 0.2) is 30.3 Å². The Morgan fingerprint density at radius 2 is 1.69 bits per heavy atom. The van der Waals surface area contributed by atoms with Gasteiger partial charge in [-0.1, -0.05) is 0 Å². The molecule has 82 valence electrons. The topological polar surface area (TPSA) is 38.9 Å². The first-order valence-electron chi connectivity index (χ1n) is 4.76. The summed E-state index contributed by atoms with van der Waals surface area (Å²) in [5, 5.41) is 0. The van der Waals surface area contributed by atoms with Crippen molar-refractivity contribution in [3.8, 4) is 11.3 Å². The molecule has 0 aliphatic heterocycles. The van der Waals surface area contributed by atoms with Crippen LogP contribution in [0.2, 0.25) is 0 Å². The molecule has 0 unspecified atom stereocenters. The SMILES string of the molecule is Cc1nc(-c2cc(F)cc(F)c2)ccc1N. The van der Waals surface area contributed by atoms with E-state index in [2.05, 4.69) is 4.98 Å². The summed E-state index contributed by atoms with van der Waals surface area (Å²) in [6, 6.07) is 6.60. The lowest BCUT2D eigenvalue weighted by Gasteiger charge is -2.04. The van der Waals surface area contributed by atoms with Crippen LogP contribution in [0.4, 0.5) is 14.5 Å². The molecule has 0 aliphatic carbocycles. The number of benzene rings is 1. The standard InChI is InChI=1S/C12H10F2N2/c1-7-11(15)2-3-12(16-7)8-4-9(13)6-10(14)5-8/h2-6H,15H2,1H3. The van der Waals surface area contributed by atoms with Crippen molar-refractivity contribution in [1.82, 2.24) is 4.98 Å². The lowest BCUT2D eigenvalue weighted by Crippen LogP contribution is -1.95. The number of pyridine rings is 1. The average Bonchev–Trinajstić information content (AvgIpc) is 2.20. The van der Waals surface area contributed by atoms with Crippen molar-refractivity contribution in [3.63, 3.8) is 0 Å². The Morgan fingerprint density at radius 3 is 2.25 bits per heavy atom. The molecule has 0 bridgehead atoms. The summed E-state index contributed by atoms with van der Waals surface area (Å²) in [7, 11) is 0. The van der Waals surface area contributed by atoms with Gasteiger partial charge in [0.05, 0.1) is 17.1 Å². The molecule has 2 N–H and O–H groups in total. The zero-order valence-corrected chi connectivity index (χ0v) is 8.67. The highest BCUT2D eigenvalue weighted by Crippen LogP contribution is 2.21. The fourth-order valence-electron chi connectivity index (χ4n) is 1.43. The maximum atomic E-state index is 13.0. The number of nitrogens with two attached hydrogens (primary N) is 1. The predicted molar refractivity (Wildman–Crippen MR) is 58.7 cm³/mol. The Hall–Kier alpha value is -1.97. The summed E-state index contributed by atoms with van der Waals surface area (Å²) >= 11 is 0. The van der Waals surface area contributed by atoms with E-state index in [1.54, 1.807) is 19.1 Å². The van der Waals surface area contributed by atoms with E-state index < -0.39 is 11.6 Å². The monoisotopic (exact) mass is 220 g/mol. The summed E-state index contributed by atoms with van der Waals surface area (Å²) < 4.78 is 26.0. The van der Waals surface area contributed by atoms with Crippen molar-refractivity contribution >= 4 is 5.69 Å². The zero-order chi connectivity index (χ0) is 11.7. The largest absolute Gasteiger partial charge is 0.397 e. The molecule has 2 rings (SSSR count). The van der Waals surface area contributed by atoms with Crippen LogP contribution >= 0.6 is 0 Å². The summed E-state index contributed by atoms with van der Waals surface area (Å²) in [6.07, 6.45) is 0. The van der Waals surface area contributed by atoms with Crippen LogP contribution in [0.3, 0.4) is 0 Å². The van der Waals surface area contributed by atoms with Gasteiger partial charge in [-0.3, -0.25) is 4.98 Å². The van der Waals surface area contributed by atoms with E-state index in [4.69, 9.17) is 5.73 Å². The highest BCUT2D eigenvalue weighted by atomic mass is 19.1. The Balaban J connectivity index is 2.54. The minimum atomic E-state index is -0.619. The smallest absolute Gasteiger partial charge is 0.126 e. The van der Waals surface area contributed by atoms with Gasteiger partial charge in [0.2, 0.25) is 0 Å². The molecule has 2 aromatic rings. The highest BCUT2D eigenvalue weighted by Gasteiger charge is 2.05. The van der Waals surface area contributed by atoms with Crippen molar-refractivity contribution in [3.05, 3.63) is 47.7 Å². The molecule has 0 amide bonds. The fourth-order valence-corrected chi connectivity index (χ4v) is 1.43. The first kappa shape index (κ1) is 10.5. The molecule has 0 saturated heterocycles. The molecule has 0 atom stereocenters. The maximum Gasteiger partial charge on any atom is 0.126 e. The number of nitrogens with zero attached hydrogens (tertiary/aromatic N) is 1. The summed E-state index contributed by atoms with van der Waals surface area (Å²) in [5.74, 6) is -1.24. The zero-order valence-electron chi connectivity index (χ0n) is 8.67. The van der Waals surface area contributed by atoms with Crippen LogP contribution < -0.4 is 5.73 Å². The summed E-state index contributed by atoms with van der Waals surface area (Å²) in [5.41, 5.74) is 7.72. The normalized spacial score (nSPS) is 10.4. The molecule has 4 heteroatoms. The Bertz CT molecular complexity index is 518. The average molecular weight is 220 g/mol. The van der Waals surface area contributed by atoms with E-state index in [-0.39, 0.29) is 0 Å². The lowest BCUT2D eigenvalue weighted by molar-refractivity contribution is 0.584. The van der Waals surface area contributed by atoms with Crippen molar-refractivity contribution < 1.29 is 8.78 Å². The molecule has 1 aromatic carbocycles. The molecule has 0 radical (unpaired) electrons. The first-order valence-corrected chi connectivity index (χ1v) is 4.76. The third-order valence-electron chi connectivity index (χ3n) is 2.29. The van der Waals surface area contributed by atoms with E-state index in [0.717, 1.165) is 6.07 Å². The second-order valence-electron chi connectivity index (χ2n) is 3.53. The van der Waals surface area contributed by atoms with Crippen LogP contribution in [0, 0.1) is 18.6 Å². The maximum absolute atomic E-state index is 13.0. The Kier molecular flexibility index (Phi) is 2.56. The van der Waals surface area contributed by atoms with E-state index >= 15 is 0 Å². The second kappa shape index (κ2) is 3.89. The van der Waals surface area contributed by atoms with Crippen molar-refractivity contribution in [2.45, 2.75) is 6.92 Å². The number of nitrogen functional groups attached to an aromatic ring is 1. The van der Waals surface area contributed by atoms with Gasteiger partial charge in [-0.05, 0) is 31.2 Å². The van der Waals surface area contributed by atoms with Gasteiger partial charge in [-0.15, -0.1) is 0 Å². The minimum Gasteiger partial charge on any atom is -0.397 e. The Morgan fingerprint density at radius 1 is 1.06 bits per heavy atom. The molecule has 0 saturated carbocycles. The molecule has 0 fully saturated rings. The van der Waals surface area contributed by atoms with Crippen LogP contribution in [-0.2, 0) is 0 Å². The first-order chi connectivity index (χ1) is 7.56. The number of aryl methyl sites for hydroxylation is 1. The van der Waals surface area contributed by atoms with E-state index in [1.165, 1.54) is 12.1 Å². The van der Waals surface area contributed by atoms with Gasteiger partial charge in [0, 0.05) is 11.6 Å². The summed E-state index contributed by atoms with van der Waals surface area (Å²) in [4.78, 5) is 4.17. The number of aromatic nitrogens is 1. The number of hydrogen-bond acceptors (Lipinski definition) is 2. The lowest BCUT2D eigenvalue weighted by atomic mass is 10.1. The van der Waals surface area contributed by atoms with Crippen molar-refractivity contribution in [2.24, 2.45) is 0 Å². The van der Waals surface area contributed by atoms with Crippen LogP contribution in [0.1, 0.15) is 5.69 Å². The van der Waals surface area contributed by atoms with Crippen LogP contribution in [0.5, 0.6) is 0 Å². The van der Waals surface area contributed by atoms with Gasteiger partial charge < -0.3 is 5.73 Å². The van der Waals surface area contributed by atoms with Crippen molar-refractivity contribution in [2.75, 3.05) is 5.73 Å². The fraction of sp³-hybridized carbons (Fsp3) is 0.0833.